The molecule has 0 amide bonds. The summed E-state index contributed by atoms with van der Waals surface area (Å²) in [5, 5.41) is 3.47. The molecule has 0 bridgehead atoms. The SMILES string of the molecule is NCCOCCNC1CCCC1. The summed E-state index contributed by atoms with van der Waals surface area (Å²) < 4.78 is 5.26. The van der Waals surface area contributed by atoms with Crippen LogP contribution in [0.1, 0.15) is 25.7 Å². The largest absolute Gasteiger partial charge is 0.379 e. The maximum atomic E-state index is 5.29. The highest BCUT2D eigenvalue weighted by Crippen LogP contribution is 2.16. The highest BCUT2D eigenvalue weighted by atomic mass is 16.5. The van der Waals surface area contributed by atoms with Gasteiger partial charge < -0.3 is 15.8 Å². The number of hydrogen-bond acceptors (Lipinski definition) is 3. The molecule has 1 saturated carbocycles. The Morgan fingerprint density at radius 2 is 2.00 bits per heavy atom. The van der Waals surface area contributed by atoms with Crippen molar-refractivity contribution in [1.29, 1.82) is 0 Å². The summed E-state index contributed by atoms with van der Waals surface area (Å²) in [5.41, 5.74) is 5.29. The fourth-order valence-corrected chi connectivity index (χ4v) is 1.65. The molecule has 72 valence electrons. The van der Waals surface area contributed by atoms with Gasteiger partial charge in [0.1, 0.15) is 0 Å². The second kappa shape index (κ2) is 6.40. The van der Waals surface area contributed by atoms with Gasteiger partial charge in [-0.25, -0.2) is 0 Å². The second-order valence-electron chi connectivity index (χ2n) is 3.34. The normalized spacial score (nSPS) is 18.8. The van der Waals surface area contributed by atoms with E-state index in [0.717, 1.165) is 19.2 Å². The summed E-state index contributed by atoms with van der Waals surface area (Å²) >= 11 is 0. The fraction of sp³-hybridized carbons (Fsp3) is 1.00. The first-order chi connectivity index (χ1) is 5.93. The molecule has 1 aliphatic rings. The molecule has 1 fully saturated rings. The second-order valence-corrected chi connectivity index (χ2v) is 3.34. The van der Waals surface area contributed by atoms with Gasteiger partial charge in [0, 0.05) is 19.1 Å². The van der Waals surface area contributed by atoms with Gasteiger partial charge in [0.05, 0.1) is 13.2 Å². The monoisotopic (exact) mass is 172 g/mol. The molecule has 0 saturated heterocycles. The molecule has 3 N–H and O–H groups in total. The highest BCUT2D eigenvalue weighted by Gasteiger charge is 2.12. The lowest BCUT2D eigenvalue weighted by molar-refractivity contribution is 0.141. The van der Waals surface area contributed by atoms with Crippen LogP contribution in [0.15, 0.2) is 0 Å². The minimum absolute atomic E-state index is 0.628. The molecule has 0 aromatic heterocycles. The molecule has 0 aromatic carbocycles. The van der Waals surface area contributed by atoms with Gasteiger partial charge in [-0.1, -0.05) is 12.8 Å². The molecule has 1 rings (SSSR count). The minimum Gasteiger partial charge on any atom is -0.379 e. The third-order valence-corrected chi connectivity index (χ3v) is 2.30. The Kier molecular flexibility index (Phi) is 5.32. The van der Waals surface area contributed by atoms with Gasteiger partial charge >= 0.3 is 0 Å². The van der Waals surface area contributed by atoms with Crippen molar-refractivity contribution < 1.29 is 4.74 Å². The summed E-state index contributed by atoms with van der Waals surface area (Å²) in [6.07, 6.45) is 5.47. The number of nitrogens with two attached hydrogens (primary N) is 1. The predicted octanol–water partition coefficient (Wildman–Crippen LogP) is 0.494. The van der Waals surface area contributed by atoms with Crippen LogP contribution < -0.4 is 11.1 Å². The first-order valence-corrected chi connectivity index (χ1v) is 4.94. The van der Waals surface area contributed by atoms with Crippen molar-refractivity contribution in [3.63, 3.8) is 0 Å². The van der Waals surface area contributed by atoms with Gasteiger partial charge in [-0.3, -0.25) is 0 Å². The van der Waals surface area contributed by atoms with Crippen LogP contribution in [0.5, 0.6) is 0 Å². The van der Waals surface area contributed by atoms with Crippen molar-refractivity contribution >= 4 is 0 Å². The Bertz CT molecular complexity index is 103. The third kappa shape index (κ3) is 4.04. The Balaban J connectivity index is 1.81. The van der Waals surface area contributed by atoms with Gasteiger partial charge in [0.15, 0.2) is 0 Å². The van der Waals surface area contributed by atoms with E-state index in [-0.39, 0.29) is 0 Å². The van der Waals surface area contributed by atoms with Crippen LogP contribution >= 0.6 is 0 Å². The molecule has 3 nitrogen and oxygen atoms in total. The molecule has 0 radical (unpaired) electrons. The fourth-order valence-electron chi connectivity index (χ4n) is 1.65. The lowest BCUT2D eigenvalue weighted by Crippen LogP contribution is -2.29. The first-order valence-electron chi connectivity index (χ1n) is 4.94. The van der Waals surface area contributed by atoms with Crippen molar-refractivity contribution in [2.45, 2.75) is 31.7 Å². The predicted molar refractivity (Wildman–Crippen MR) is 50.1 cm³/mol. The lowest BCUT2D eigenvalue weighted by atomic mass is 10.2. The van der Waals surface area contributed by atoms with Gasteiger partial charge in [-0.2, -0.15) is 0 Å². The standard InChI is InChI=1S/C9H20N2O/c10-5-7-12-8-6-11-9-3-1-2-4-9/h9,11H,1-8,10H2. The van der Waals surface area contributed by atoms with E-state index in [2.05, 4.69) is 5.32 Å². The summed E-state index contributed by atoms with van der Waals surface area (Å²) in [6.45, 7) is 3.09. The van der Waals surface area contributed by atoms with Gasteiger partial charge in [-0.05, 0) is 12.8 Å². The Labute approximate surface area is 74.7 Å². The van der Waals surface area contributed by atoms with Crippen LogP contribution in [-0.4, -0.2) is 32.3 Å². The number of ether oxygens (including phenoxy) is 1. The molecular formula is C9H20N2O. The maximum absolute atomic E-state index is 5.29. The molecule has 12 heavy (non-hydrogen) atoms. The Morgan fingerprint density at radius 1 is 1.25 bits per heavy atom. The van der Waals surface area contributed by atoms with Gasteiger partial charge in [-0.15, -0.1) is 0 Å². The summed E-state index contributed by atoms with van der Waals surface area (Å²) in [5.74, 6) is 0. The number of rotatable bonds is 6. The van der Waals surface area contributed by atoms with E-state index in [1.807, 2.05) is 0 Å². The summed E-state index contributed by atoms with van der Waals surface area (Å²) in [6, 6.07) is 0.756. The van der Waals surface area contributed by atoms with Crippen molar-refractivity contribution in [2.24, 2.45) is 5.73 Å². The van der Waals surface area contributed by atoms with Gasteiger partial charge in [0.25, 0.3) is 0 Å². The van der Waals surface area contributed by atoms with E-state index < -0.39 is 0 Å². The van der Waals surface area contributed by atoms with Crippen LogP contribution in [0.2, 0.25) is 0 Å². The average Bonchev–Trinajstić information content (AvgIpc) is 2.57. The van der Waals surface area contributed by atoms with Crippen molar-refractivity contribution in [1.82, 2.24) is 5.32 Å². The van der Waals surface area contributed by atoms with Crippen LogP contribution in [0, 0.1) is 0 Å². The van der Waals surface area contributed by atoms with E-state index in [1.54, 1.807) is 0 Å². The molecule has 0 heterocycles. The third-order valence-electron chi connectivity index (χ3n) is 2.30. The molecule has 0 aromatic rings. The first kappa shape index (κ1) is 9.96. The van der Waals surface area contributed by atoms with Crippen LogP contribution in [-0.2, 0) is 4.74 Å². The Morgan fingerprint density at radius 3 is 2.67 bits per heavy atom. The van der Waals surface area contributed by atoms with Crippen LogP contribution in [0.25, 0.3) is 0 Å². The van der Waals surface area contributed by atoms with Crippen molar-refractivity contribution in [3.05, 3.63) is 0 Å². The zero-order valence-corrected chi connectivity index (χ0v) is 7.72. The lowest BCUT2D eigenvalue weighted by Gasteiger charge is -2.11. The van der Waals surface area contributed by atoms with Crippen molar-refractivity contribution in [2.75, 3.05) is 26.3 Å². The molecule has 0 aliphatic heterocycles. The van der Waals surface area contributed by atoms with E-state index in [9.17, 15) is 0 Å². The minimum atomic E-state index is 0.628. The zero-order valence-electron chi connectivity index (χ0n) is 7.72. The Hall–Kier alpha value is -0.120. The highest BCUT2D eigenvalue weighted by molar-refractivity contribution is 4.72. The maximum Gasteiger partial charge on any atom is 0.0591 e. The van der Waals surface area contributed by atoms with Crippen molar-refractivity contribution in [3.8, 4) is 0 Å². The summed E-state index contributed by atoms with van der Waals surface area (Å²) in [7, 11) is 0. The smallest absolute Gasteiger partial charge is 0.0591 e. The molecule has 0 spiro atoms. The van der Waals surface area contributed by atoms with Crippen LogP contribution in [0.4, 0.5) is 0 Å². The molecule has 3 heteroatoms. The van der Waals surface area contributed by atoms with E-state index in [0.29, 0.717) is 13.2 Å². The zero-order chi connectivity index (χ0) is 8.65. The summed E-state index contributed by atoms with van der Waals surface area (Å²) in [4.78, 5) is 0. The van der Waals surface area contributed by atoms with E-state index >= 15 is 0 Å². The number of nitrogens with one attached hydrogen (secondary N) is 1. The van der Waals surface area contributed by atoms with Gasteiger partial charge in [0.2, 0.25) is 0 Å². The molecule has 0 atom stereocenters. The molecule has 0 unspecified atom stereocenters. The molecule has 1 aliphatic carbocycles. The van der Waals surface area contributed by atoms with Crippen LogP contribution in [0.3, 0.4) is 0 Å². The topological polar surface area (TPSA) is 47.3 Å². The van der Waals surface area contributed by atoms with E-state index in [4.69, 9.17) is 10.5 Å². The molecular weight excluding hydrogens is 152 g/mol. The number of hydrogen-bond donors (Lipinski definition) is 2. The average molecular weight is 172 g/mol. The van der Waals surface area contributed by atoms with E-state index in [1.165, 1.54) is 25.7 Å². The quantitative estimate of drug-likeness (QED) is 0.573.